The molecule has 0 aliphatic heterocycles. The molecule has 0 heterocycles. The first-order valence-electron chi connectivity index (χ1n) is 10.2. The Bertz CT molecular complexity index is 675. The van der Waals surface area contributed by atoms with Gasteiger partial charge in [-0.2, -0.15) is 0 Å². The number of benzene rings is 1. The van der Waals surface area contributed by atoms with Crippen LogP contribution in [0, 0.1) is 17.3 Å². The van der Waals surface area contributed by atoms with Gasteiger partial charge in [-0.1, -0.05) is 6.92 Å². The first-order chi connectivity index (χ1) is 13.1. The van der Waals surface area contributed by atoms with Crippen molar-refractivity contribution in [3.8, 4) is 11.5 Å². The molecule has 0 amide bonds. The Balaban J connectivity index is 1.57. The molecule has 5 atom stereocenters. The van der Waals surface area contributed by atoms with Gasteiger partial charge in [-0.15, -0.1) is 0 Å². The van der Waals surface area contributed by atoms with Crippen molar-refractivity contribution in [1.82, 2.24) is 0 Å². The van der Waals surface area contributed by atoms with Gasteiger partial charge < -0.3 is 24.1 Å². The molecule has 0 spiro atoms. The Morgan fingerprint density at radius 1 is 1.07 bits per heavy atom. The molecule has 3 aliphatic carbocycles. The quantitative estimate of drug-likeness (QED) is 0.754. The summed E-state index contributed by atoms with van der Waals surface area (Å²) in [4.78, 5) is 0. The zero-order valence-electron chi connectivity index (χ0n) is 16.7. The summed E-state index contributed by atoms with van der Waals surface area (Å²) in [6.07, 6.45) is 7.28. The second-order valence-corrected chi connectivity index (χ2v) is 8.67. The summed E-state index contributed by atoms with van der Waals surface area (Å²) in [6, 6.07) is 3.97. The number of aromatic hydroxyl groups is 1. The van der Waals surface area contributed by atoms with Gasteiger partial charge in [0.25, 0.3) is 0 Å². The Morgan fingerprint density at radius 2 is 1.89 bits per heavy atom. The van der Waals surface area contributed by atoms with Crippen molar-refractivity contribution in [3.05, 3.63) is 23.3 Å². The molecule has 1 aromatic rings. The zero-order valence-corrected chi connectivity index (χ0v) is 16.7. The molecule has 0 aromatic heterocycles. The molecule has 3 aliphatic rings. The van der Waals surface area contributed by atoms with Gasteiger partial charge in [-0.3, -0.25) is 0 Å². The number of rotatable bonds is 6. The highest BCUT2D eigenvalue weighted by Gasteiger charge is 2.55. The maximum atomic E-state index is 10.4. The SMILES string of the molecule is COCOc1cc2c(cc1O)[C@H]1CC[C@]3(C)C(OCOC)CC[C@H]3[C@@H]1CC2. The molecule has 150 valence electrons. The molecule has 1 aromatic carbocycles. The summed E-state index contributed by atoms with van der Waals surface area (Å²) in [5.74, 6) is 2.67. The highest BCUT2D eigenvalue weighted by molar-refractivity contribution is 5.49. The van der Waals surface area contributed by atoms with E-state index in [0.717, 1.165) is 19.3 Å². The lowest BCUT2D eigenvalue weighted by atomic mass is 9.55. The lowest BCUT2D eigenvalue weighted by Crippen LogP contribution is -2.44. The van der Waals surface area contributed by atoms with E-state index in [0.29, 0.717) is 36.4 Å². The maximum absolute atomic E-state index is 10.4. The number of ether oxygens (including phenoxy) is 4. The molecule has 1 N–H and O–H groups in total. The van der Waals surface area contributed by atoms with Crippen LogP contribution in [0.1, 0.15) is 56.1 Å². The van der Waals surface area contributed by atoms with E-state index in [2.05, 4.69) is 6.92 Å². The molecule has 0 radical (unpaired) electrons. The highest BCUT2D eigenvalue weighted by Crippen LogP contribution is 2.61. The Hall–Kier alpha value is -1.30. The number of fused-ring (bicyclic) bond motifs is 5. The van der Waals surface area contributed by atoms with Crippen LogP contribution in [0.25, 0.3) is 0 Å². The van der Waals surface area contributed by atoms with Gasteiger partial charge in [0.15, 0.2) is 18.3 Å². The van der Waals surface area contributed by atoms with Crippen LogP contribution < -0.4 is 4.74 Å². The first-order valence-corrected chi connectivity index (χ1v) is 10.2. The van der Waals surface area contributed by atoms with Gasteiger partial charge in [0.05, 0.1) is 6.10 Å². The lowest BCUT2D eigenvalue weighted by molar-refractivity contribution is -0.125. The van der Waals surface area contributed by atoms with Crippen molar-refractivity contribution in [2.75, 3.05) is 27.8 Å². The molecule has 2 saturated carbocycles. The zero-order chi connectivity index (χ0) is 19.0. The number of hydrogen-bond donors (Lipinski definition) is 1. The van der Waals surface area contributed by atoms with Crippen LogP contribution >= 0.6 is 0 Å². The van der Waals surface area contributed by atoms with Gasteiger partial charge in [-0.05, 0) is 85.0 Å². The minimum absolute atomic E-state index is 0.154. The predicted molar refractivity (Wildman–Crippen MR) is 102 cm³/mol. The van der Waals surface area contributed by atoms with Crippen LogP contribution in [0.5, 0.6) is 11.5 Å². The lowest BCUT2D eigenvalue weighted by Gasteiger charge is -2.50. The molecule has 0 bridgehead atoms. The number of phenolic OH excluding ortho intramolecular Hbond substituents is 1. The second-order valence-electron chi connectivity index (χ2n) is 8.67. The van der Waals surface area contributed by atoms with E-state index in [-0.39, 0.29) is 18.0 Å². The van der Waals surface area contributed by atoms with Gasteiger partial charge in [0, 0.05) is 14.2 Å². The Morgan fingerprint density at radius 3 is 2.67 bits per heavy atom. The monoisotopic (exact) mass is 376 g/mol. The van der Waals surface area contributed by atoms with Crippen LogP contribution in [0.4, 0.5) is 0 Å². The van der Waals surface area contributed by atoms with E-state index in [4.69, 9.17) is 18.9 Å². The smallest absolute Gasteiger partial charge is 0.188 e. The van der Waals surface area contributed by atoms with Crippen molar-refractivity contribution in [2.24, 2.45) is 17.3 Å². The van der Waals surface area contributed by atoms with Crippen LogP contribution in [-0.2, 0) is 20.6 Å². The third-order valence-electron chi connectivity index (χ3n) is 7.44. The van der Waals surface area contributed by atoms with Gasteiger partial charge in [-0.25, -0.2) is 0 Å². The van der Waals surface area contributed by atoms with Crippen molar-refractivity contribution in [3.63, 3.8) is 0 Å². The molecule has 27 heavy (non-hydrogen) atoms. The van der Waals surface area contributed by atoms with E-state index < -0.39 is 0 Å². The summed E-state index contributed by atoms with van der Waals surface area (Å²) in [5, 5.41) is 10.4. The van der Waals surface area contributed by atoms with Gasteiger partial charge >= 0.3 is 0 Å². The summed E-state index contributed by atoms with van der Waals surface area (Å²) in [6.45, 7) is 2.97. The molecule has 2 fully saturated rings. The van der Waals surface area contributed by atoms with E-state index >= 15 is 0 Å². The van der Waals surface area contributed by atoms with Crippen LogP contribution in [0.15, 0.2) is 12.1 Å². The number of hydrogen-bond acceptors (Lipinski definition) is 5. The molecule has 0 saturated heterocycles. The molecular formula is C22H32O5. The minimum Gasteiger partial charge on any atom is -0.504 e. The van der Waals surface area contributed by atoms with Gasteiger partial charge in [0.2, 0.25) is 0 Å². The highest BCUT2D eigenvalue weighted by atomic mass is 16.7. The van der Waals surface area contributed by atoms with Crippen molar-refractivity contribution < 1.29 is 24.1 Å². The van der Waals surface area contributed by atoms with Crippen molar-refractivity contribution >= 4 is 0 Å². The van der Waals surface area contributed by atoms with Gasteiger partial charge in [0.1, 0.15) is 6.79 Å². The number of phenols is 1. The summed E-state index contributed by atoms with van der Waals surface area (Å²) in [7, 11) is 3.28. The number of aryl methyl sites for hydroxylation is 1. The van der Waals surface area contributed by atoms with Crippen LogP contribution in [0.2, 0.25) is 0 Å². The van der Waals surface area contributed by atoms with E-state index in [1.165, 1.54) is 30.4 Å². The fourth-order valence-corrected chi connectivity index (χ4v) is 6.20. The van der Waals surface area contributed by atoms with E-state index in [1.54, 1.807) is 14.2 Å². The second kappa shape index (κ2) is 7.61. The molecule has 5 nitrogen and oxygen atoms in total. The Labute approximate surface area is 162 Å². The normalized spacial score (nSPS) is 34.6. The molecule has 5 heteroatoms. The average Bonchev–Trinajstić information content (AvgIpc) is 3.01. The third-order valence-corrected chi connectivity index (χ3v) is 7.44. The fourth-order valence-electron chi connectivity index (χ4n) is 6.20. The third kappa shape index (κ3) is 3.24. The Kier molecular flexibility index (Phi) is 5.36. The van der Waals surface area contributed by atoms with Crippen molar-refractivity contribution in [1.29, 1.82) is 0 Å². The summed E-state index contributed by atoms with van der Waals surface area (Å²) in [5.41, 5.74) is 2.91. The molecular weight excluding hydrogens is 344 g/mol. The standard InChI is InChI=1S/C22H32O5/c1-22-9-8-15-16(18(22)6-7-21(22)27-13-25-3)5-4-14-10-20(26-12-24-2)19(23)11-17(14)15/h10-11,15-16,18,21,23H,4-9,12-13H2,1-3H3/t15-,16+,18-,21?,22-/m0/s1. The summed E-state index contributed by atoms with van der Waals surface area (Å²) >= 11 is 0. The topological polar surface area (TPSA) is 57.2 Å². The van der Waals surface area contributed by atoms with E-state index in [9.17, 15) is 5.11 Å². The van der Waals surface area contributed by atoms with E-state index in [1.807, 2.05) is 12.1 Å². The average molecular weight is 376 g/mol. The fraction of sp³-hybridized carbons (Fsp3) is 0.727. The largest absolute Gasteiger partial charge is 0.504 e. The number of methoxy groups -OCH3 is 2. The van der Waals surface area contributed by atoms with Crippen LogP contribution in [-0.4, -0.2) is 39.0 Å². The minimum atomic E-state index is 0.154. The molecule has 4 rings (SSSR count). The maximum Gasteiger partial charge on any atom is 0.188 e. The molecule has 1 unspecified atom stereocenters. The predicted octanol–water partition coefficient (Wildman–Crippen LogP) is 4.22. The van der Waals surface area contributed by atoms with Crippen LogP contribution in [0.3, 0.4) is 0 Å². The first kappa shape index (κ1) is 19.0. The summed E-state index contributed by atoms with van der Waals surface area (Å²) < 4.78 is 21.7. The van der Waals surface area contributed by atoms with Crippen molar-refractivity contribution in [2.45, 2.75) is 57.5 Å².